The van der Waals surface area contributed by atoms with Crippen LogP contribution in [0.2, 0.25) is 0 Å². The number of rotatable bonds is 3. The van der Waals surface area contributed by atoms with Gasteiger partial charge in [0, 0.05) is 0 Å². The molecule has 0 spiro atoms. The molecule has 0 bridgehead atoms. The van der Waals surface area contributed by atoms with E-state index in [0.717, 1.165) is 13.0 Å². The fourth-order valence-electron chi connectivity index (χ4n) is 0.218. The van der Waals surface area contributed by atoms with E-state index in [2.05, 4.69) is 43.6 Å². The van der Waals surface area contributed by atoms with Crippen molar-refractivity contribution in [2.75, 3.05) is 6.61 Å². The maximum atomic E-state index is 5.34. The molecule has 8 heavy (non-hydrogen) atoms. The first-order chi connectivity index (χ1) is 3.56. The first-order valence-corrected chi connectivity index (χ1v) is 20.1. The molecule has 0 aromatic rings. The zero-order chi connectivity index (χ0) is 6.62. The van der Waals surface area contributed by atoms with Gasteiger partial charge in [0.05, 0.1) is 0 Å². The van der Waals surface area contributed by atoms with E-state index in [1.54, 1.807) is 0 Å². The van der Waals surface area contributed by atoms with Gasteiger partial charge in [-0.05, 0) is 0 Å². The van der Waals surface area contributed by atoms with Gasteiger partial charge < -0.3 is 0 Å². The summed E-state index contributed by atoms with van der Waals surface area (Å²) in [5, 5.41) is 0. The van der Waals surface area contributed by atoms with Crippen molar-refractivity contribution in [3.63, 3.8) is 0 Å². The van der Waals surface area contributed by atoms with Gasteiger partial charge in [-0.2, -0.15) is 0 Å². The molecule has 5 heteroatoms. The van der Waals surface area contributed by atoms with Crippen LogP contribution in [0.4, 0.5) is 0 Å². The molecule has 0 aromatic carbocycles. The summed E-state index contributed by atoms with van der Waals surface area (Å²) < 4.78 is 5.34. The topological polar surface area (TPSA) is 9.23 Å². The van der Waals surface area contributed by atoms with Gasteiger partial charge in [-0.15, -0.1) is 0 Å². The summed E-state index contributed by atoms with van der Waals surface area (Å²) >= 11 is 7.83. The van der Waals surface area contributed by atoms with Crippen molar-refractivity contribution >= 4 is 36.7 Å². The quantitative estimate of drug-likeness (QED) is 0.718. The molecule has 0 aliphatic heterocycles. The Kier molecular flexibility index (Phi) is 6.43. The van der Waals surface area contributed by atoms with Gasteiger partial charge in [0.1, 0.15) is 0 Å². The summed E-state index contributed by atoms with van der Waals surface area (Å²) in [6.07, 6.45) is 1.07. The molecule has 0 heterocycles. The average molecular weight is 390 g/mol. The normalized spacial score (nSPS) is 12.0. The van der Waals surface area contributed by atoms with Gasteiger partial charge in [-0.3, -0.25) is 0 Å². The van der Waals surface area contributed by atoms with Crippen molar-refractivity contribution in [2.24, 2.45) is 0 Å². The van der Waals surface area contributed by atoms with E-state index in [1.807, 2.05) is 0 Å². The van der Waals surface area contributed by atoms with Crippen LogP contribution >= 0.6 is 36.7 Å². The Morgan fingerprint density at radius 2 is 1.88 bits per heavy atom. The second-order valence-corrected chi connectivity index (χ2v) is 42.9. The van der Waals surface area contributed by atoms with Crippen LogP contribution in [-0.4, -0.2) is 6.61 Å². The third-order valence-corrected chi connectivity index (χ3v) is 5.84. The summed E-state index contributed by atoms with van der Waals surface area (Å²) in [6.45, 7) is 2.92. The molecule has 0 N–H and O–H groups in total. The first kappa shape index (κ1) is 10.3. The van der Waals surface area contributed by atoms with Crippen molar-refractivity contribution in [1.82, 2.24) is 0 Å². The van der Waals surface area contributed by atoms with Crippen molar-refractivity contribution < 1.29 is 16.5 Å². The third-order valence-electron chi connectivity index (χ3n) is 0.470. The minimum atomic E-state index is -2.37. The Morgan fingerprint density at radius 1 is 1.38 bits per heavy atom. The predicted molar refractivity (Wildman–Crippen MR) is 43.0 cm³/mol. The van der Waals surface area contributed by atoms with Crippen LogP contribution < -0.4 is 0 Å². The van der Waals surface area contributed by atoms with E-state index in [9.17, 15) is 0 Å². The van der Waals surface area contributed by atoms with Crippen LogP contribution in [0.15, 0.2) is 0 Å². The maximum absolute atomic E-state index is 5.34. The number of halogens is 3. The van der Waals surface area contributed by atoms with E-state index in [0.29, 0.717) is 0 Å². The fraction of sp³-hybridized carbons (Fsp3) is 1.00. The molecule has 0 saturated carbocycles. The van der Waals surface area contributed by atoms with E-state index in [1.165, 1.54) is 0 Å². The molecular formula is C3H7Br3OZr. The van der Waals surface area contributed by atoms with Crippen molar-refractivity contribution in [2.45, 2.75) is 13.3 Å². The summed E-state index contributed by atoms with van der Waals surface area (Å²) in [5.74, 6) is 0. The molecule has 0 radical (unpaired) electrons. The van der Waals surface area contributed by atoms with E-state index in [4.69, 9.17) is 2.81 Å². The molecule has 50 valence electrons. The van der Waals surface area contributed by atoms with Crippen LogP contribution in [0, 0.1) is 0 Å². The van der Waals surface area contributed by atoms with Gasteiger partial charge >= 0.3 is 73.1 Å². The second-order valence-electron chi connectivity index (χ2n) is 1.29. The van der Waals surface area contributed by atoms with Crippen molar-refractivity contribution in [3.05, 3.63) is 0 Å². The minimum absolute atomic E-state index is 0.831. The molecule has 0 saturated heterocycles. The summed E-state index contributed by atoms with van der Waals surface area (Å²) in [5.41, 5.74) is 0. The molecule has 0 unspecified atom stereocenters. The molecule has 0 amide bonds. The van der Waals surface area contributed by atoms with Crippen LogP contribution in [0.5, 0.6) is 0 Å². The van der Waals surface area contributed by atoms with E-state index >= 15 is 0 Å². The van der Waals surface area contributed by atoms with Crippen molar-refractivity contribution in [3.8, 4) is 0 Å². The summed E-state index contributed by atoms with van der Waals surface area (Å²) in [4.78, 5) is 0. The third kappa shape index (κ3) is 8.28. The van der Waals surface area contributed by atoms with Crippen LogP contribution in [0.1, 0.15) is 13.3 Å². The zero-order valence-electron chi connectivity index (χ0n) is 4.46. The number of hydrogen-bond acceptors (Lipinski definition) is 1. The van der Waals surface area contributed by atoms with Gasteiger partial charge in [0.25, 0.3) is 0 Å². The van der Waals surface area contributed by atoms with Gasteiger partial charge in [0.2, 0.25) is 0 Å². The SMILES string of the molecule is CCC[O][Zr]([Br])([Br])[Br]. The standard InChI is InChI=1S/C3H7O.3BrH.Zr/c1-2-3-4;;;;/h2-3H2,1H3;3*1H;/q-1;;;;+4/p-3. The number of hydrogen-bond donors (Lipinski definition) is 0. The molecule has 0 aliphatic carbocycles. The molecule has 0 rings (SSSR count). The molecule has 1 nitrogen and oxygen atoms in total. The molecule has 0 aliphatic rings. The molecule has 0 atom stereocenters. The van der Waals surface area contributed by atoms with E-state index < -0.39 is 13.7 Å². The molecular weight excluding hydrogens is 383 g/mol. The monoisotopic (exact) mass is 386 g/mol. The Morgan fingerprint density at radius 3 is 2.00 bits per heavy atom. The Hall–Kier alpha value is 2.28. The molecule has 0 fully saturated rings. The van der Waals surface area contributed by atoms with E-state index in [-0.39, 0.29) is 0 Å². The Bertz CT molecular complexity index is 62.0. The summed E-state index contributed by atoms with van der Waals surface area (Å²) in [6, 6.07) is 0. The van der Waals surface area contributed by atoms with Crippen LogP contribution in [-0.2, 0) is 16.5 Å². The summed E-state index contributed by atoms with van der Waals surface area (Å²) in [7, 11) is 0. The average Bonchev–Trinajstić information content (AvgIpc) is 1.59. The molecule has 0 aromatic heterocycles. The first-order valence-electron chi connectivity index (χ1n) is 2.27. The van der Waals surface area contributed by atoms with Gasteiger partial charge in [-0.1, -0.05) is 0 Å². The Labute approximate surface area is 71.9 Å². The van der Waals surface area contributed by atoms with Crippen molar-refractivity contribution in [1.29, 1.82) is 0 Å². The second kappa shape index (κ2) is 5.00. The van der Waals surface area contributed by atoms with Crippen LogP contribution in [0.3, 0.4) is 0 Å². The van der Waals surface area contributed by atoms with Gasteiger partial charge in [-0.25, -0.2) is 0 Å². The Balaban J connectivity index is 3.11. The fourth-order valence-corrected chi connectivity index (χ4v) is 4.16. The predicted octanol–water partition coefficient (Wildman–Crippen LogP) is 3.41. The zero-order valence-corrected chi connectivity index (χ0v) is 11.7. The van der Waals surface area contributed by atoms with Gasteiger partial charge in [0.15, 0.2) is 0 Å². The van der Waals surface area contributed by atoms with Crippen LogP contribution in [0.25, 0.3) is 0 Å².